The Kier molecular flexibility index (Phi) is 5.63. The smallest absolute Gasteiger partial charge is 0.260 e. The van der Waals surface area contributed by atoms with E-state index < -0.39 is 0 Å². The molecule has 1 N–H and O–H groups in total. The van der Waals surface area contributed by atoms with Crippen molar-refractivity contribution in [2.45, 2.75) is 6.10 Å². The first-order valence-electron chi connectivity index (χ1n) is 8.20. The molecule has 136 valence electrons. The molecule has 3 rings (SSSR count). The number of nitrogens with one attached hydrogen (secondary N) is 1. The lowest BCUT2D eigenvalue weighted by molar-refractivity contribution is -0.142. The molecule has 0 radical (unpaired) electrons. The van der Waals surface area contributed by atoms with Crippen LogP contribution in [0.2, 0.25) is 5.02 Å². The summed E-state index contributed by atoms with van der Waals surface area (Å²) < 4.78 is 11.3. The van der Waals surface area contributed by atoms with Gasteiger partial charge in [0.1, 0.15) is 17.6 Å². The number of para-hydroxylation sites is 1. The highest BCUT2D eigenvalue weighted by molar-refractivity contribution is 6.32. The van der Waals surface area contributed by atoms with E-state index in [4.69, 9.17) is 21.1 Å². The molecule has 7 heteroatoms. The van der Waals surface area contributed by atoms with Gasteiger partial charge in [0.2, 0.25) is 0 Å². The number of hydrogen-bond donors (Lipinski definition) is 1. The van der Waals surface area contributed by atoms with Crippen LogP contribution in [0.5, 0.6) is 11.5 Å². The van der Waals surface area contributed by atoms with Gasteiger partial charge in [0, 0.05) is 12.6 Å². The predicted molar refractivity (Wildman–Crippen MR) is 97.8 cm³/mol. The summed E-state index contributed by atoms with van der Waals surface area (Å²) in [5.74, 6) is 0.760. The Morgan fingerprint density at radius 3 is 2.69 bits per heavy atom. The SMILES string of the molecule is CNC(=O)c1cccc(OCC(=O)N2CC(Oc3ccccc3Cl)C2)c1. The molecule has 2 amide bonds. The number of rotatable bonds is 6. The van der Waals surface area contributed by atoms with Crippen LogP contribution in [0.4, 0.5) is 0 Å². The van der Waals surface area contributed by atoms with Gasteiger partial charge in [-0.2, -0.15) is 0 Å². The van der Waals surface area contributed by atoms with Crippen LogP contribution in [0, 0.1) is 0 Å². The third-order valence-corrected chi connectivity index (χ3v) is 4.33. The van der Waals surface area contributed by atoms with E-state index >= 15 is 0 Å². The molecular weight excluding hydrogens is 356 g/mol. The van der Waals surface area contributed by atoms with E-state index in [9.17, 15) is 9.59 Å². The van der Waals surface area contributed by atoms with Gasteiger partial charge in [-0.25, -0.2) is 0 Å². The minimum absolute atomic E-state index is 0.0737. The number of ether oxygens (including phenoxy) is 2. The highest BCUT2D eigenvalue weighted by Gasteiger charge is 2.32. The van der Waals surface area contributed by atoms with Crippen molar-refractivity contribution in [2.24, 2.45) is 0 Å². The predicted octanol–water partition coefficient (Wildman–Crippen LogP) is 2.37. The second-order valence-corrected chi connectivity index (χ2v) is 6.27. The second kappa shape index (κ2) is 8.10. The second-order valence-electron chi connectivity index (χ2n) is 5.86. The Morgan fingerprint density at radius 2 is 1.96 bits per heavy atom. The molecule has 0 atom stereocenters. The molecule has 26 heavy (non-hydrogen) atoms. The monoisotopic (exact) mass is 374 g/mol. The lowest BCUT2D eigenvalue weighted by Gasteiger charge is -2.38. The van der Waals surface area contributed by atoms with Crippen LogP contribution in [0.3, 0.4) is 0 Å². The molecule has 1 heterocycles. The van der Waals surface area contributed by atoms with Gasteiger partial charge in [0.25, 0.3) is 11.8 Å². The molecule has 1 aliphatic rings. The first-order valence-corrected chi connectivity index (χ1v) is 8.58. The van der Waals surface area contributed by atoms with E-state index in [1.807, 2.05) is 12.1 Å². The van der Waals surface area contributed by atoms with Crippen LogP contribution in [0.15, 0.2) is 48.5 Å². The molecule has 0 aromatic heterocycles. The molecule has 0 spiro atoms. The maximum absolute atomic E-state index is 12.2. The summed E-state index contributed by atoms with van der Waals surface area (Å²) in [6.45, 7) is 0.896. The fourth-order valence-corrected chi connectivity index (χ4v) is 2.72. The van der Waals surface area contributed by atoms with Gasteiger partial charge < -0.3 is 19.7 Å². The van der Waals surface area contributed by atoms with Gasteiger partial charge in [0.05, 0.1) is 18.1 Å². The van der Waals surface area contributed by atoms with Crippen LogP contribution < -0.4 is 14.8 Å². The lowest BCUT2D eigenvalue weighted by Crippen LogP contribution is -2.57. The van der Waals surface area contributed by atoms with E-state index in [1.165, 1.54) is 0 Å². The van der Waals surface area contributed by atoms with Gasteiger partial charge in [-0.05, 0) is 30.3 Å². The zero-order valence-electron chi connectivity index (χ0n) is 14.3. The molecule has 1 aliphatic heterocycles. The quantitative estimate of drug-likeness (QED) is 0.842. The first kappa shape index (κ1) is 18.1. The minimum Gasteiger partial charge on any atom is -0.485 e. The average Bonchev–Trinajstić information content (AvgIpc) is 2.63. The number of likely N-dealkylation sites (tertiary alicyclic amines) is 1. The zero-order chi connectivity index (χ0) is 18.5. The van der Waals surface area contributed by atoms with Gasteiger partial charge in [-0.15, -0.1) is 0 Å². The van der Waals surface area contributed by atoms with Gasteiger partial charge in [0.15, 0.2) is 6.61 Å². The van der Waals surface area contributed by atoms with Crippen molar-refractivity contribution >= 4 is 23.4 Å². The summed E-state index contributed by atoms with van der Waals surface area (Å²) in [4.78, 5) is 25.4. The summed E-state index contributed by atoms with van der Waals surface area (Å²) in [6, 6.07) is 14.0. The fraction of sp³-hybridized carbons (Fsp3) is 0.263. The van der Waals surface area contributed by atoms with E-state index in [-0.39, 0.29) is 24.5 Å². The molecule has 6 nitrogen and oxygen atoms in total. The van der Waals surface area contributed by atoms with Crippen LogP contribution >= 0.6 is 11.6 Å². The number of carbonyl (C=O) groups excluding carboxylic acids is 2. The molecule has 1 fully saturated rings. The third kappa shape index (κ3) is 4.26. The zero-order valence-corrected chi connectivity index (χ0v) is 15.0. The van der Waals surface area contributed by atoms with Crippen molar-refractivity contribution in [3.05, 3.63) is 59.1 Å². The number of hydrogen-bond acceptors (Lipinski definition) is 4. The van der Waals surface area contributed by atoms with E-state index in [2.05, 4.69) is 5.32 Å². The average molecular weight is 375 g/mol. The molecule has 0 saturated carbocycles. The summed E-state index contributed by atoms with van der Waals surface area (Å²) >= 11 is 6.06. The number of carbonyl (C=O) groups is 2. The van der Waals surface area contributed by atoms with Crippen molar-refractivity contribution in [1.82, 2.24) is 10.2 Å². The molecular formula is C19H19ClN2O4. The highest BCUT2D eigenvalue weighted by atomic mass is 35.5. The Bertz CT molecular complexity index is 806. The first-order chi connectivity index (χ1) is 12.6. The molecule has 2 aromatic carbocycles. The normalized spacial score (nSPS) is 13.7. The van der Waals surface area contributed by atoms with Gasteiger partial charge >= 0.3 is 0 Å². The van der Waals surface area contributed by atoms with Gasteiger partial charge in [-0.3, -0.25) is 9.59 Å². The number of benzene rings is 2. The maximum atomic E-state index is 12.2. The fourth-order valence-electron chi connectivity index (χ4n) is 2.54. The standard InChI is InChI=1S/C19H19ClN2O4/c1-21-19(24)13-5-4-6-14(9-13)25-12-18(23)22-10-15(11-22)26-17-8-3-2-7-16(17)20/h2-9,15H,10-12H2,1H3,(H,21,24). The topological polar surface area (TPSA) is 67.9 Å². The molecule has 0 unspecified atom stereocenters. The number of halogens is 1. The van der Waals surface area contributed by atoms with Crippen molar-refractivity contribution in [2.75, 3.05) is 26.7 Å². The van der Waals surface area contributed by atoms with E-state index in [1.54, 1.807) is 48.3 Å². The molecule has 1 saturated heterocycles. The maximum Gasteiger partial charge on any atom is 0.260 e. The summed E-state index contributed by atoms with van der Waals surface area (Å²) in [7, 11) is 1.56. The van der Waals surface area contributed by atoms with Crippen molar-refractivity contribution in [1.29, 1.82) is 0 Å². The Balaban J connectivity index is 1.46. The molecule has 0 aliphatic carbocycles. The summed E-state index contributed by atoms with van der Waals surface area (Å²) in [6.07, 6.45) is -0.0737. The third-order valence-electron chi connectivity index (χ3n) is 4.02. The Morgan fingerprint density at radius 1 is 1.19 bits per heavy atom. The van der Waals surface area contributed by atoms with Crippen LogP contribution in [-0.2, 0) is 4.79 Å². The molecule has 2 aromatic rings. The summed E-state index contributed by atoms with van der Waals surface area (Å²) in [5, 5.41) is 3.10. The van der Waals surface area contributed by atoms with Crippen molar-refractivity contribution < 1.29 is 19.1 Å². The molecule has 0 bridgehead atoms. The van der Waals surface area contributed by atoms with Crippen LogP contribution in [0.1, 0.15) is 10.4 Å². The minimum atomic E-state index is -0.205. The number of amides is 2. The van der Waals surface area contributed by atoms with Crippen molar-refractivity contribution in [3.8, 4) is 11.5 Å². The van der Waals surface area contributed by atoms with Crippen LogP contribution in [0.25, 0.3) is 0 Å². The summed E-state index contributed by atoms with van der Waals surface area (Å²) in [5.41, 5.74) is 0.481. The lowest BCUT2D eigenvalue weighted by atomic mass is 10.1. The van der Waals surface area contributed by atoms with Crippen molar-refractivity contribution in [3.63, 3.8) is 0 Å². The Hall–Kier alpha value is -2.73. The largest absolute Gasteiger partial charge is 0.485 e. The van der Waals surface area contributed by atoms with Gasteiger partial charge in [-0.1, -0.05) is 29.8 Å². The Labute approximate surface area is 156 Å². The van der Waals surface area contributed by atoms with E-state index in [0.29, 0.717) is 35.2 Å². The van der Waals surface area contributed by atoms with Crippen LogP contribution in [-0.4, -0.2) is 49.6 Å². The highest BCUT2D eigenvalue weighted by Crippen LogP contribution is 2.26. The number of nitrogens with zero attached hydrogens (tertiary/aromatic N) is 1. The van der Waals surface area contributed by atoms with E-state index in [0.717, 1.165) is 0 Å².